The maximum atomic E-state index is 13.0. The van der Waals surface area contributed by atoms with Crippen molar-refractivity contribution in [3.8, 4) is 11.5 Å². The van der Waals surface area contributed by atoms with Gasteiger partial charge in [-0.05, 0) is 30.3 Å². The SMILES string of the molecule is Nc1ccc(-c2nc3ccc(F)cc3o2)cc1Cl. The highest BCUT2D eigenvalue weighted by atomic mass is 35.5. The van der Waals surface area contributed by atoms with Crippen LogP contribution in [-0.2, 0) is 0 Å². The lowest BCUT2D eigenvalue weighted by atomic mass is 10.2. The van der Waals surface area contributed by atoms with Crippen molar-refractivity contribution in [2.45, 2.75) is 0 Å². The van der Waals surface area contributed by atoms with Crippen LogP contribution < -0.4 is 5.73 Å². The van der Waals surface area contributed by atoms with Crippen molar-refractivity contribution in [2.24, 2.45) is 0 Å². The molecule has 2 N–H and O–H groups in total. The fourth-order valence-corrected chi connectivity index (χ4v) is 1.86. The second-order valence-electron chi connectivity index (χ2n) is 3.87. The molecule has 5 heteroatoms. The van der Waals surface area contributed by atoms with E-state index < -0.39 is 0 Å². The predicted octanol–water partition coefficient (Wildman–Crippen LogP) is 3.87. The fraction of sp³-hybridized carbons (Fsp3) is 0. The first-order chi connectivity index (χ1) is 8.63. The number of nitrogens with two attached hydrogens (primary N) is 1. The molecule has 90 valence electrons. The van der Waals surface area contributed by atoms with E-state index in [1.54, 1.807) is 24.3 Å². The number of benzene rings is 2. The Labute approximate surface area is 107 Å². The number of hydrogen-bond donors (Lipinski definition) is 1. The molecule has 18 heavy (non-hydrogen) atoms. The molecule has 0 atom stereocenters. The number of hydrogen-bond acceptors (Lipinski definition) is 3. The molecule has 0 aliphatic carbocycles. The number of fused-ring (bicyclic) bond motifs is 1. The van der Waals surface area contributed by atoms with Gasteiger partial charge in [-0.3, -0.25) is 0 Å². The zero-order valence-electron chi connectivity index (χ0n) is 9.15. The summed E-state index contributed by atoms with van der Waals surface area (Å²) in [7, 11) is 0. The van der Waals surface area contributed by atoms with Gasteiger partial charge >= 0.3 is 0 Å². The summed E-state index contributed by atoms with van der Waals surface area (Å²) in [5.41, 5.74) is 7.82. The predicted molar refractivity (Wildman–Crippen MR) is 68.8 cm³/mol. The van der Waals surface area contributed by atoms with Gasteiger partial charge in [-0.1, -0.05) is 11.6 Å². The summed E-state index contributed by atoms with van der Waals surface area (Å²) in [6.45, 7) is 0. The Morgan fingerprint density at radius 1 is 1.17 bits per heavy atom. The van der Waals surface area contributed by atoms with E-state index in [0.717, 1.165) is 0 Å². The molecule has 0 saturated heterocycles. The third-order valence-corrected chi connectivity index (χ3v) is 2.93. The van der Waals surface area contributed by atoms with E-state index in [9.17, 15) is 4.39 Å². The van der Waals surface area contributed by atoms with Crippen LogP contribution in [0.25, 0.3) is 22.6 Å². The van der Waals surface area contributed by atoms with Crippen LogP contribution in [-0.4, -0.2) is 4.98 Å². The summed E-state index contributed by atoms with van der Waals surface area (Å²) < 4.78 is 18.5. The largest absolute Gasteiger partial charge is 0.436 e. The van der Waals surface area contributed by atoms with Crippen molar-refractivity contribution in [1.82, 2.24) is 4.98 Å². The van der Waals surface area contributed by atoms with Crippen molar-refractivity contribution < 1.29 is 8.81 Å². The zero-order valence-corrected chi connectivity index (χ0v) is 9.91. The van der Waals surface area contributed by atoms with Gasteiger partial charge in [-0.15, -0.1) is 0 Å². The van der Waals surface area contributed by atoms with Gasteiger partial charge in [0, 0.05) is 11.6 Å². The van der Waals surface area contributed by atoms with Crippen LogP contribution in [0.3, 0.4) is 0 Å². The minimum atomic E-state index is -0.361. The molecule has 3 rings (SSSR count). The van der Waals surface area contributed by atoms with Crippen molar-refractivity contribution in [3.05, 3.63) is 47.2 Å². The van der Waals surface area contributed by atoms with Gasteiger partial charge in [0.2, 0.25) is 5.89 Å². The Balaban J connectivity index is 2.16. The molecule has 0 fully saturated rings. The maximum Gasteiger partial charge on any atom is 0.227 e. The van der Waals surface area contributed by atoms with E-state index in [1.165, 1.54) is 12.1 Å². The lowest BCUT2D eigenvalue weighted by molar-refractivity contribution is 0.602. The van der Waals surface area contributed by atoms with E-state index in [4.69, 9.17) is 21.8 Å². The van der Waals surface area contributed by atoms with Crippen molar-refractivity contribution >= 4 is 28.4 Å². The average Bonchev–Trinajstić information content (AvgIpc) is 2.75. The smallest absolute Gasteiger partial charge is 0.227 e. The van der Waals surface area contributed by atoms with Crippen LogP contribution in [0.1, 0.15) is 0 Å². The van der Waals surface area contributed by atoms with Crippen molar-refractivity contribution in [1.29, 1.82) is 0 Å². The van der Waals surface area contributed by atoms with Gasteiger partial charge in [0.1, 0.15) is 11.3 Å². The summed E-state index contributed by atoms with van der Waals surface area (Å²) in [6, 6.07) is 9.29. The topological polar surface area (TPSA) is 52.0 Å². The molecular formula is C13H8ClFN2O. The monoisotopic (exact) mass is 262 g/mol. The second-order valence-corrected chi connectivity index (χ2v) is 4.27. The van der Waals surface area contributed by atoms with Crippen LogP contribution in [0.4, 0.5) is 10.1 Å². The highest BCUT2D eigenvalue weighted by Crippen LogP contribution is 2.29. The molecule has 0 aliphatic heterocycles. The Hall–Kier alpha value is -2.07. The maximum absolute atomic E-state index is 13.0. The summed E-state index contributed by atoms with van der Waals surface area (Å²) in [5.74, 6) is 0.0260. The average molecular weight is 263 g/mol. The quantitative estimate of drug-likeness (QED) is 0.677. The standard InChI is InChI=1S/C13H8ClFN2O/c14-9-5-7(1-3-10(9)16)13-17-11-4-2-8(15)6-12(11)18-13/h1-6H,16H2. The number of rotatable bonds is 1. The Kier molecular flexibility index (Phi) is 2.45. The van der Waals surface area contributed by atoms with Gasteiger partial charge in [0.15, 0.2) is 5.58 Å². The van der Waals surface area contributed by atoms with Crippen LogP contribution in [0.5, 0.6) is 0 Å². The molecule has 0 aliphatic rings. The molecule has 0 amide bonds. The number of aromatic nitrogens is 1. The number of halogens is 2. The molecule has 0 unspecified atom stereocenters. The number of oxazole rings is 1. The van der Waals surface area contributed by atoms with Crippen molar-refractivity contribution in [2.75, 3.05) is 5.73 Å². The molecule has 3 aromatic rings. The molecule has 1 aromatic heterocycles. The first kappa shape index (κ1) is 11.0. The molecule has 1 heterocycles. The molecule has 2 aromatic carbocycles. The van der Waals surface area contributed by atoms with E-state index in [-0.39, 0.29) is 5.82 Å². The van der Waals surface area contributed by atoms with Crippen LogP contribution in [0, 0.1) is 5.82 Å². The minimum absolute atomic E-state index is 0.361. The number of nitrogen functional groups attached to an aromatic ring is 1. The van der Waals surface area contributed by atoms with E-state index >= 15 is 0 Å². The van der Waals surface area contributed by atoms with Gasteiger partial charge in [0.05, 0.1) is 10.7 Å². The summed E-state index contributed by atoms with van der Waals surface area (Å²) in [4.78, 5) is 4.26. The third kappa shape index (κ3) is 1.80. The molecule has 3 nitrogen and oxygen atoms in total. The first-order valence-electron chi connectivity index (χ1n) is 5.25. The second kappa shape index (κ2) is 3.99. The lowest BCUT2D eigenvalue weighted by Gasteiger charge is -1.99. The minimum Gasteiger partial charge on any atom is -0.436 e. The molecular weight excluding hydrogens is 255 g/mol. The third-order valence-electron chi connectivity index (χ3n) is 2.60. The first-order valence-corrected chi connectivity index (χ1v) is 5.63. The van der Waals surface area contributed by atoms with Gasteiger partial charge < -0.3 is 10.2 Å². The molecule has 0 radical (unpaired) electrons. The zero-order chi connectivity index (χ0) is 12.7. The Morgan fingerprint density at radius 3 is 2.78 bits per heavy atom. The molecule has 0 saturated carbocycles. The summed E-state index contributed by atoms with van der Waals surface area (Å²) >= 11 is 5.93. The summed E-state index contributed by atoms with van der Waals surface area (Å²) in [5, 5.41) is 0.431. The van der Waals surface area contributed by atoms with Crippen LogP contribution >= 0.6 is 11.6 Å². The van der Waals surface area contributed by atoms with Gasteiger partial charge in [-0.2, -0.15) is 0 Å². The van der Waals surface area contributed by atoms with E-state index in [0.29, 0.717) is 33.3 Å². The highest BCUT2D eigenvalue weighted by molar-refractivity contribution is 6.33. The Bertz CT molecular complexity index is 739. The number of anilines is 1. The molecule has 0 spiro atoms. The van der Waals surface area contributed by atoms with Crippen LogP contribution in [0.15, 0.2) is 40.8 Å². The van der Waals surface area contributed by atoms with Crippen molar-refractivity contribution in [3.63, 3.8) is 0 Å². The van der Waals surface area contributed by atoms with Gasteiger partial charge in [0.25, 0.3) is 0 Å². The summed E-state index contributed by atoms with van der Waals surface area (Å²) in [6.07, 6.45) is 0. The van der Waals surface area contributed by atoms with Crippen LogP contribution in [0.2, 0.25) is 5.02 Å². The molecule has 0 bridgehead atoms. The fourth-order valence-electron chi connectivity index (χ4n) is 1.68. The lowest BCUT2D eigenvalue weighted by Crippen LogP contribution is -1.86. The normalized spacial score (nSPS) is 11.0. The van der Waals surface area contributed by atoms with E-state index in [1.807, 2.05) is 0 Å². The Morgan fingerprint density at radius 2 is 2.00 bits per heavy atom. The van der Waals surface area contributed by atoms with Gasteiger partial charge in [-0.25, -0.2) is 9.37 Å². The highest BCUT2D eigenvalue weighted by Gasteiger charge is 2.10. The van der Waals surface area contributed by atoms with E-state index in [2.05, 4.69) is 4.98 Å². The number of nitrogens with zero attached hydrogens (tertiary/aromatic N) is 1.